The first-order valence-electron chi connectivity index (χ1n) is 10.1. The summed E-state index contributed by atoms with van der Waals surface area (Å²) in [4.78, 5) is 14.7. The molecule has 1 aliphatic heterocycles. The number of hydrogen-bond acceptors (Lipinski definition) is 2. The van der Waals surface area contributed by atoms with Crippen LogP contribution in [0.5, 0.6) is 0 Å². The van der Waals surface area contributed by atoms with Crippen molar-refractivity contribution in [2.24, 2.45) is 17.8 Å². The fraction of sp³-hybridized carbons (Fsp3) is 0.667. The van der Waals surface area contributed by atoms with Gasteiger partial charge in [0.1, 0.15) is 0 Å². The van der Waals surface area contributed by atoms with Gasteiger partial charge in [0.2, 0.25) is 5.91 Å². The minimum absolute atomic E-state index is 0.187. The van der Waals surface area contributed by atoms with E-state index >= 15 is 0 Å². The van der Waals surface area contributed by atoms with Crippen LogP contribution in [0.15, 0.2) is 24.3 Å². The Morgan fingerprint density at radius 1 is 1.11 bits per heavy atom. The molecule has 3 fully saturated rings. The lowest BCUT2D eigenvalue weighted by Gasteiger charge is -2.23. The largest absolute Gasteiger partial charge is 0.416 e. The summed E-state index contributed by atoms with van der Waals surface area (Å²) < 4.78 is 38.7. The van der Waals surface area contributed by atoms with Crippen LogP contribution in [0, 0.1) is 17.8 Å². The second kappa shape index (κ2) is 7.46. The first kappa shape index (κ1) is 18.8. The van der Waals surface area contributed by atoms with Gasteiger partial charge in [0.15, 0.2) is 0 Å². The Morgan fingerprint density at radius 3 is 2.63 bits per heavy atom. The molecule has 2 saturated carbocycles. The zero-order chi connectivity index (χ0) is 19.0. The van der Waals surface area contributed by atoms with E-state index in [0.717, 1.165) is 57.7 Å². The van der Waals surface area contributed by atoms with Crippen molar-refractivity contribution in [2.75, 3.05) is 13.1 Å². The van der Waals surface area contributed by atoms with E-state index in [2.05, 4.69) is 10.2 Å². The van der Waals surface area contributed by atoms with E-state index in [0.29, 0.717) is 23.9 Å². The Labute approximate surface area is 158 Å². The van der Waals surface area contributed by atoms with Crippen molar-refractivity contribution in [3.63, 3.8) is 0 Å². The molecule has 1 aromatic carbocycles. The summed E-state index contributed by atoms with van der Waals surface area (Å²) in [6.07, 6.45) is 2.15. The number of alkyl halides is 3. The number of nitrogens with zero attached hydrogens (tertiary/aromatic N) is 1. The van der Waals surface area contributed by atoms with Crippen molar-refractivity contribution >= 4 is 5.91 Å². The lowest BCUT2D eigenvalue weighted by molar-refractivity contribution is -0.137. The van der Waals surface area contributed by atoms with Gasteiger partial charge < -0.3 is 5.32 Å². The van der Waals surface area contributed by atoms with E-state index in [4.69, 9.17) is 0 Å². The maximum atomic E-state index is 12.9. The molecule has 1 N–H and O–H groups in total. The Kier molecular flexibility index (Phi) is 5.19. The van der Waals surface area contributed by atoms with Crippen molar-refractivity contribution in [3.05, 3.63) is 35.4 Å². The minimum atomic E-state index is -4.30. The van der Waals surface area contributed by atoms with Crippen LogP contribution in [0.1, 0.15) is 49.7 Å². The van der Waals surface area contributed by atoms with Crippen LogP contribution < -0.4 is 5.32 Å². The molecule has 3 unspecified atom stereocenters. The monoisotopic (exact) mass is 380 g/mol. The average molecular weight is 380 g/mol. The Hall–Kier alpha value is -1.56. The predicted molar refractivity (Wildman–Crippen MR) is 96.8 cm³/mol. The molecule has 1 amide bonds. The molecule has 3 aliphatic rings. The zero-order valence-corrected chi connectivity index (χ0v) is 15.5. The molecule has 1 saturated heterocycles. The van der Waals surface area contributed by atoms with E-state index in [1.807, 2.05) is 0 Å². The summed E-state index contributed by atoms with van der Waals surface area (Å²) in [6.45, 7) is 2.31. The van der Waals surface area contributed by atoms with Gasteiger partial charge in [0.05, 0.1) is 5.56 Å². The molecule has 6 heteroatoms. The molecule has 27 heavy (non-hydrogen) atoms. The molecule has 0 spiro atoms. The summed E-state index contributed by atoms with van der Waals surface area (Å²) in [5.41, 5.74) is 0.123. The number of halogens is 3. The van der Waals surface area contributed by atoms with Crippen molar-refractivity contribution in [1.82, 2.24) is 10.2 Å². The third-order valence-electron chi connectivity index (χ3n) is 6.65. The molecule has 3 nitrogen and oxygen atoms in total. The summed E-state index contributed by atoms with van der Waals surface area (Å²) >= 11 is 0. The number of rotatable bonds is 4. The number of carbonyl (C=O) groups excluding carboxylic acids is 1. The van der Waals surface area contributed by atoms with Gasteiger partial charge in [-0.2, -0.15) is 13.2 Å². The van der Waals surface area contributed by atoms with Crippen LogP contribution in [0.25, 0.3) is 0 Å². The molecule has 1 heterocycles. The molecule has 4 rings (SSSR count). The second-order valence-electron chi connectivity index (χ2n) is 8.49. The topological polar surface area (TPSA) is 32.3 Å². The fourth-order valence-corrected chi connectivity index (χ4v) is 5.26. The summed E-state index contributed by atoms with van der Waals surface area (Å²) in [5, 5.41) is 3.29. The smallest absolute Gasteiger partial charge is 0.353 e. The van der Waals surface area contributed by atoms with Gasteiger partial charge in [-0.05, 0) is 49.1 Å². The highest BCUT2D eigenvalue weighted by Gasteiger charge is 2.43. The van der Waals surface area contributed by atoms with E-state index in [1.54, 1.807) is 6.07 Å². The number of benzene rings is 1. The molecule has 2 aliphatic carbocycles. The van der Waals surface area contributed by atoms with Crippen molar-refractivity contribution in [2.45, 2.75) is 57.3 Å². The van der Waals surface area contributed by atoms with Crippen LogP contribution in [-0.4, -0.2) is 29.9 Å². The molecule has 3 atom stereocenters. The number of nitrogens with one attached hydrogen (secondary N) is 1. The Balaban J connectivity index is 1.35. The summed E-state index contributed by atoms with van der Waals surface area (Å²) in [5.74, 6) is 1.38. The van der Waals surface area contributed by atoms with Gasteiger partial charge >= 0.3 is 6.18 Å². The maximum Gasteiger partial charge on any atom is 0.416 e. The number of amides is 1. The number of likely N-dealkylation sites (tertiary alicyclic amines) is 1. The molecule has 148 valence electrons. The van der Waals surface area contributed by atoms with Gasteiger partial charge in [-0.25, -0.2) is 0 Å². The van der Waals surface area contributed by atoms with Crippen molar-refractivity contribution < 1.29 is 18.0 Å². The van der Waals surface area contributed by atoms with E-state index in [-0.39, 0.29) is 17.9 Å². The molecular weight excluding hydrogens is 353 g/mol. The van der Waals surface area contributed by atoms with Gasteiger partial charge in [-0.1, -0.05) is 31.0 Å². The van der Waals surface area contributed by atoms with E-state index in [9.17, 15) is 18.0 Å². The lowest BCUT2D eigenvalue weighted by atomic mass is 9.97. The molecule has 1 aromatic rings. The summed E-state index contributed by atoms with van der Waals surface area (Å²) in [7, 11) is 0. The van der Waals surface area contributed by atoms with Gasteiger partial charge in [-0.15, -0.1) is 0 Å². The predicted octanol–water partition coefficient (Wildman–Crippen LogP) is 4.22. The first-order chi connectivity index (χ1) is 12.9. The maximum absolute atomic E-state index is 12.9. The SMILES string of the molecule is O=C(NC1CCC2CN(Cc3cccc(C(F)(F)F)c3)CC21)C1CCCC1. The Morgan fingerprint density at radius 2 is 1.89 bits per heavy atom. The number of carbonyl (C=O) groups is 1. The zero-order valence-electron chi connectivity index (χ0n) is 15.5. The van der Waals surface area contributed by atoms with Gasteiger partial charge in [-0.3, -0.25) is 9.69 Å². The first-order valence-corrected chi connectivity index (χ1v) is 10.1. The van der Waals surface area contributed by atoms with Gasteiger partial charge in [0, 0.05) is 31.6 Å². The standard InChI is InChI=1S/C21H27F3N2O/c22-21(23,24)17-7-3-4-14(10-17)11-26-12-16-8-9-19(18(16)13-26)25-20(27)15-5-1-2-6-15/h3-4,7,10,15-16,18-19H,1-2,5-6,8-9,11-13H2,(H,25,27). The van der Waals surface area contributed by atoms with Crippen LogP contribution in [0.4, 0.5) is 13.2 Å². The van der Waals surface area contributed by atoms with Crippen molar-refractivity contribution in [1.29, 1.82) is 0 Å². The number of fused-ring (bicyclic) bond motifs is 1. The average Bonchev–Trinajstić information content (AvgIpc) is 3.33. The Bertz CT molecular complexity index is 684. The molecule has 0 aromatic heterocycles. The molecule has 0 bridgehead atoms. The summed E-state index contributed by atoms with van der Waals surface area (Å²) in [6, 6.07) is 5.86. The van der Waals surface area contributed by atoms with E-state index in [1.165, 1.54) is 12.1 Å². The quantitative estimate of drug-likeness (QED) is 0.848. The van der Waals surface area contributed by atoms with E-state index < -0.39 is 11.7 Å². The third kappa shape index (κ3) is 4.15. The van der Waals surface area contributed by atoms with Crippen LogP contribution in [-0.2, 0) is 17.5 Å². The van der Waals surface area contributed by atoms with Crippen molar-refractivity contribution in [3.8, 4) is 0 Å². The molecular formula is C21H27F3N2O. The van der Waals surface area contributed by atoms with Gasteiger partial charge in [0.25, 0.3) is 0 Å². The van der Waals surface area contributed by atoms with Crippen LogP contribution >= 0.6 is 0 Å². The van der Waals surface area contributed by atoms with Crippen LogP contribution in [0.3, 0.4) is 0 Å². The van der Waals surface area contributed by atoms with Crippen LogP contribution in [0.2, 0.25) is 0 Å². The highest BCUT2D eigenvalue weighted by molar-refractivity contribution is 5.79. The lowest BCUT2D eigenvalue weighted by Crippen LogP contribution is -2.42. The number of hydrogen-bond donors (Lipinski definition) is 1. The third-order valence-corrected chi connectivity index (χ3v) is 6.65. The highest BCUT2D eigenvalue weighted by atomic mass is 19.4. The highest BCUT2D eigenvalue weighted by Crippen LogP contribution is 2.39. The minimum Gasteiger partial charge on any atom is -0.353 e. The fourth-order valence-electron chi connectivity index (χ4n) is 5.26. The molecule has 0 radical (unpaired) electrons. The normalized spacial score (nSPS) is 29.2. The second-order valence-corrected chi connectivity index (χ2v) is 8.49.